The Balaban J connectivity index is 1.84. The van der Waals surface area contributed by atoms with Gasteiger partial charge in [-0.15, -0.1) is 0 Å². The first-order valence-electron chi connectivity index (χ1n) is 10.1. The Morgan fingerprint density at radius 1 is 0.968 bits per heavy atom. The van der Waals surface area contributed by atoms with Gasteiger partial charge in [0.1, 0.15) is 11.4 Å². The molecule has 0 atom stereocenters. The number of rotatable bonds is 7. The maximum Gasteiger partial charge on any atom is 0.267 e. The quantitative estimate of drug-likeness (QED) is 0.414. The Labute approximate surface area is 181 Å². The minimum absolute atomic E-state index is 0.192. The molecule has 0 aliphatic rings. The summed E-state index contributed by atoms with van der Waals surface area (Å²) in [5.74, 6) is 1.64. The van der Waals surface area contributed by atoms with E-state index in [-0.39, 0.29) is 5.91 Å². The summed E-state index contributed by atoms with van der Waals surface area (Å²) in [6.45, 7) is 2.58. The SMILES string of the molecule is CCCOc1ccccc1C(=O)n1cc(-c2ccc(OC)c(OC)c2)c2cccnc21. The van der Waals surface area contributed by atoms with Crippen molar-refractivity contribution in [2.24, 2.45) is 0 Å². The molecule has 0 aliphatic carbocycles. The van der Waals surface area contributed by atoms with E-state index in [4.69, 9.17) is 14.2 Å². The van der Waals surface area contributed by atoms with Crippen molar-refractivity contribution >= 4 is 16.9 Å². The van der Waals surface area contributed by atoms with Gasteiger partial charge in [0.05, 0.1) is 26.4 Å². The van der Waals surface area contributed by atoms with E-state index < -0.39 is 0 Å². The first-order valence-corrected chi connectivity index (χ1v) is 10.1. The molecular formula is C25H24N2O4. The first kappa shape index (κ1) is 20.5. The van der Waals surface area contributed by atoms with Gasteiger partial charge in [-0.3, -0.25) is 9.36 Å². The highest BCUT2D eigenvalue weighted by Gasteiger charge is 2.20. The monoisotopic (exact) mass is 416 g/mol. The Morgan fingerprint density at radius 2 is 1.77 bits per heavy atom. The van der Waals surface area contributed by atoms with Gasteiger partial charge in [0.15, 0.2) is 11.5 Å². The number of para-hydroxylation sites is 1. The smallest absolute Gasteiger partial charge is 0.267 e. The molecule has 0 spiro atoms. The molecule has 4 rings (SSSR count). The number of carbonyl (C=O) groups excluding carboxylic acids is 1. The van der Waals surface area contributed by atoms with E-state index in [1.807, 2.05) is 61.7 Å². The fourth-order valence-corrected chi connectivity index (χ4v) is 3.56. The third kappa shape index (κ3) is 3.84. The topological polar surface area (TPSA) is 62.6 Å². The second kappa shape index (κ2) is 8.92. The first-order chi connectivity index (χ1) is 15.2. The van der Waals surface area contributed by atoms with Crippen LogP contribution < -0.4 is 14.2 Å². The molecule has 6 heteroatoms. The van der Waals surface area contributed by atoms with Crippen molar-refractivity contribution in [3.8, 4) is 28.4 Å². The maximum atomic E-state index is 13.5. The summed E-state index contributed by atoms with van der Waals surface area (Å²) >= 11 is 0. The van der Waals surface area contributed by atoms with Crippen molar-refractivity contribution in [3.63, 3.8) is 0 Å². The third-order valence-electron chi connectivity index (χ3n) is 5.06. The van der Waals surface area contributed by atoms with E-state index in [9.17, 15) is 4.79 Å². The van der Waals surface area contributed by atoms with Crippen LogP contribution in [-0.4, -0.2) is 36.3 Å². The molecule has 4 aromatic rings. The largest absolute Gasteiger partial charge is 0.493 e. The van der Waals surface area contributed by atoms with Crippen molar-refractivity contribution < 1.29 is 19.0 Å². The molecule has 0 amide bonds. The van der Waals surface area contributed by atoms with Crippen molar-refractivity contribution in [1.29, 1.82) is 0 Å². The Hall–Kier alpha value is -3.80. The van der Waals surface area contributed by atoms with Crippen LogP contribution in [0, 0.1) is 0 Å². The second-order valence-corrected chi connectivity index (χ2v) is 7.01. The lowest BCUT2D eigenvalue weighted by molar-refractivity contribution is 0.0960. The third-order valence-corrected chi connectivity index (χ3v) is 5.06. The molecular weight excluding hydrogens is 392 g/mol. The fraction of sp³-hybridized carbons (Fsp3) is 0.200. The number of hydrogen-bond acceptors (Lipinski definition) is 5. The van der Waals surface area contributed by atoms with E-state index in [1.54, 1.807) is 31.0 Å². The van der Waals surface area contributed by atoms with Crippen LogP contribution in [0.3, 0.4) is 0 Å². The van der Waals surface area contributed by atoms with Crippen LogP contribution in [0.5, 0.6) is 17.2 Å². The lowest BCUT2D eigenvalue weighted by Gasteiger charge is -2.10. The molecule has 2 aromatic heterocycles. The van der Waals surface area contributed by atoms with Gasteiger partial charge < -0.3 is 14.2 Å². The van der Waals surface area contributed by atoms with Gasteiger partial charge in [-0.25, -0.2) is 4.98 Å². The maximum absolute atomic E-state index is 13.5. The van der Waals surface area contributed by atoms with E-state index in [2.05, 4.69) is 4.98 Å². The summed E-state index contributed by atoms with van der Waals surface area (Å²) in [7, 11) is 3.20. The van der Waals surface area contributed by atoms with Crippen LogP contribution >= 0.6 is 0 Å². The van der Waals surface area contributed by atoms with Gasteiger partial charge in [-0.2, -0.15) is 0 Å². The second-order valence-electron chi connectivity index (χ2n) is 7.01. The molecule has 2 aromatic carbocycles. The fourth-order valence-electron chi connectivity index (χ4n) is 3.56. The number of ether oxygens (including phenoxy) is 3. The zero-order valence-corrected chi connectivity index (χ0v) is 17.8. The van der Waals surface area contributed by atoms with Crippen LogP contribution in [0.15, 0.2) is 67.0 Å². The van der Waals surface area contributed by atoms with Crippen molar-refractivity contribution in [2.45, 2.75) is 13.3 Å². The predicted molar refractivity (Wildman–Crippen MR) is 120 cm³/mol. The van der Waals surface area contributed by atoms with Gasteiger partial charge in [0.25, 0.3) is 5.91 Å². The van der Waals surface area contributed by atoms with Crippen LogP contribution in [0.4, 0.5) is 0 Å². The molecule has 158 valence electrons. The lowest BCUT2D eigenvalue weighted by atomic mass is 10.1. The molecule has 6 nitrogen and oxygen atoms in total. The Kier molecular flexibility index (Phi) is 5.89. The number of nitrogens with zero attached hydrogens (tertiary/aromatic N) is 2. The van der Waals surface area contributed by atoms with Crippen molar-refractivity contribution in [1.82, 2.24) is 9.55 Å². The summed E-state index contributed by atoms with van der Waals surface area (Å²) in [6.07, 6.45) is 4.36. The predicted octanol–water partition coefficient (Wildman–Crippen LogP) is 5.20. The van der Waals surface area contributed by atoms with E-state index in [0.717, 1.165) is 22.9 Å². The van der Waals surface area contributed by atoms with E-state index >= 15 is 0 Å². The van der Waals surface area contributed by atoms with Crippen LogP contribution in [0.1, 0.15) is 23.7 Å². The molecule has 0 saturated carbocycles. The molecule has 0 saturated heterocycles. The number of benzene rings is 2. The normalized spacial score (nSPS) is 10.8. The molecule has 0 bridgehead atoms. The summed E-state index contributed by atoms with van der Waals surface area (Å²) in [4.78, 5) is 18.0. The average molecular weight is 416 g/mol. The average Bonchev–Trinajstić information content (AvgIpc) is 3.21. The number of hydrogen-bond donors (Lipinski definition) is 0. The number of methoxy groups -OCH3 is 2. The minimum atomic E-state index is -0.192. The summed E-state index contributed by atoms with van der Waals surface area (Å²) < 4.78 is 18.2. The van der Waals surface area contributed by atoms with E-state index in [0.29, 0.717) is 35.1 Å². The highest BCUT2D eigenvalue weighted by Crippen LogP contribution is 2.36. The summed E-state index contributed by atoms with van der Waals surface area (Å²) in [6, 6.07) is 16.8. The molecule has 0 N–H and O–H groups in total. The lowest BCUT2D eigenvalue weighted by Crippen LogP contribution is -2.13. The van der Waals surface area contributed by atoms with Gasteiger partial charge >= 0.3 is 0 Å². The molecule has 0 aliphatic heterocycles. The molecule has 31 heavy (non-hydrogen) atoms. The highest BCUT2D eigenvalue weighted by molar-refractivity contribution is 6.06. The van der Waals surface area contributed by atoms with Gasteiger partial charge in [0.2, 0.25) is 0 Å². The van der Waals surface area contributed by atoms with E-state index in [1.165, 1.54) is 0 Å². The molecule has 0 radical (unpaired) electrons. The zero-order chi connectivity index (χ0) is 21.8. The number of pyridine rings is 1. The summed E-state index contributed by atoms with van der Waals surface area (Å²) in [5.41, 5.74) is 2.86. The zero-order valence-electron chi connectivity index (χ0n) is 17.8. The number of aromatic nitrogens is 2. The van der Waals surface area contributed by atoms with Crippen LogP contribution in [0.2, 0.25) is 0 Å². The van der Waals surface area contributed by atoms with Gasteiger partial charge in [-0.1, -0.05) is 25.1 Å². The summed E-state index contributed by atoms with van der Waals surface area (Å²) in [5, 5.41) is 0.870. The van der Waals surface area contributed by atoms with Gasteiger partial charge in [-0.05, 0) is 48.4 Å². The number of carbonyl (C=O) groups is 1. The number of fused-ring (bicyclic) bond motifs is 1. The van der Waals surface area contributed by atoms with Crippen LogP contribution in [-0.2, 0) is 0 Å². The Bertz CT molecular complexity index is 1230. The van der Waals surface area contributed by atoms with Crippen molar-refractivity contribution in [3.05, 3.63) is 72.6 Å². The standard InChI is InChI=1S/C25H24N2O4/c1-4-14-31-21-10-6-5-8-19(21)25(28)27-16-20(18-9-7-13-26-24(18)27)17-11-12-22(29-2)23(15-17)30-3/h5-13,15-16H,4,14H2,1-3H3. The molecule has 0 fully saturated rings. The van der Waals surface area contributed by atoms with Crippen molar-refractivity contribution in [2.75, 3.05) is 20.8 Å². The molecule has 0 unspecified atom stereocenters. The van der Waals surface area contributed by atoms with Gasteiger partial charge in [0, 0.05) is 23.3 Å². The minimum Gasteiger partial charge on any atom is -0.493 e. The Morgan fingerprint density at radius 3 is 2.55 bits per heavy atom. The highest BCUT2D eigenvalue weighted by atomic mass is 16.5. The van der Waals surface area contributed by atoms with Crippen LogP contribution in [0.25, 0.3) is 22.2 Å². The molecule has 2 heterocycles.